The molecular weight excluding hydrogens is 458 g/mol. The highest BCUT2D eigenvalue weighted by molar-refractivity contribution is 6.51. The van der Waals surface area contributed by atoms with Crippen LogP contribution in [0.15, 0.2) is 66.2 Å². The molecule has 2 N–H and O–H groups in total. The van der Waals surface area contributed by atoms with E-state index in [0.717, 1.165) is 16.9 Å². The highest BCUT2D eigenvalue weighted by atomic mass is 16.5. The number of carbonyl (C=O) groups excluding carboxylic acids is 2. The van der Waals surface area contributed by atoms with Crippen LogP contribution in [0.2, 0.25) is 0 Å². The number of rotatable bonds is 5. The molecule has 0 spiro atoms. The molecule has 36 heavy (non-hydrogen) atoms. The Labute approximate surface area is 209 Å². The molecule has 1 atom stereocenters. The summed E-state index contributed by atoms with van der Waals surface area (Å²) in [6.07, 6.45) is 0.697. The number of hydrogen-bond donors (Lipinski definition) is 2. The average Bonchev–Trinajstić information content (AvgIpc) is 3.45. The number of benzene rings is 3. The lowest BCUT2D eigenvalue weighted by Gasteiger charge is -2.26. The lowest BCUT2D eigenvalue weighted by atomic mass is 9.94. The Hall–Kier alpha value is -4.26. The molecule has 1 unspecified atom stereocenters. The molecule has 0 bridgehead atoms. The minimum atomic E-state index is -0.948. The molecule has 0 radical (unpaired) electrons. The lowest BCUT2D eigenvalue weighted by Crippen LogP contribution is -2.29. The number of carbonyl (C=O) groups is 2. The molecule has 2 heterocycles. The molecule has 184 valence electrons. The van der Waals surface area contributed by atoms with Crippen LogP contribution < -0.4 is 14.4 Å². The summed E-state index contributed by atoms with van der Waals surface area (Å²) >= 11 is 0. The summed E-state index contributed by atoms with van der Waals surface area (Å²) in [5.74, 6) is -0.650. The third-order valence-corrected chi connectivity index (χ3v) is 6.76. The van der Waals surface area contributed by atoms with Crippen molar-refractivity contribution < 1.29 is 29.3 Å². The van der Waals surface area contributed by atoms with Crippen molar-refractivity contribution in [1.29, 1.82) is 0 Å². The maximum Gasteiger partial charge on any atom is 0.300 e. The summed E-state index contributed by atoms with van der Waals surface area (Å²) in [7, 11) is 1.44. The predicted molar refractivity (Wildman–Crippen MR) is 136 cm³/mol. The standard InChI is InChI=1S/C29H27NO6/c1-16(2)17-4-8-21(9-5-17)30-26(19-6-11-24(35-3)22(31)15-19)25(28(33)29(30)34)27(32)20-7-10-23-18(14-20)12-13-36-23/h4-11,14-16,26,31-32H,12-13H2,1-3H3/b27-25-. The topological polar surface area (TPSA) is 96.3 Å². The molecule has 3 aromatic carbocycles. The van der Waals surface area contributed by atoms with Crippen molar-refractivity contribution in [2.24, 2.45) is 0 Å². The van der Waals surface area contributed by atoms with Gasteiger partial charge in [-0.2, -0.15) is 0 Å². The summed E-state index contributed by atoms with van der Waals surface area (Å²) < 4.78 is 10.7. The monoisotopic (exact) mass is 485 g/mol. The van der Waals surface area contributed by atoms with E-state index in [1.54, 1.807) is 42.5 Å². The summed E-state index contributed by atoms with van der Waals surface area (Å²) in [6, 6.07) is 16.4. The minimum Gasteiger partial charge on any atom is -0.507 e. The average molecular weight is 486 g/mol. The van der Waals surface area contributed by atoms with Gasteiger partial charge >= 0.3 is 0 Å². The van der Waals surface area contributed by atoms with Crippen LogP contribution in [-0.2, 0) is 16.0 Å². The van der Waals surface area contributed by atoms with Crippen molar-refractivity contribution in [1.82, 2.24) is 0 Å². The third kappa shape index (κ3) is 3.86. The fraction of sp³-hybridized carbons (Fsp3) is 0.241. The van der Waals surface area contributed by atoms with E-state index in [4.69, 9.17) is 9.47 Å². The van der Waals surface area contributed by atoms with Gasteiger partial charge in [-0.05, 0) is 65.1 Å². The number of aliphatic hydroxyl groups excluding tert-OH is 1. The minimum absolute atomic E-state index is 0.0450. The number of fused-ring (bicyclic) bond motifs is 1. The second-order valence-corrected chi connectivity index (χ2v) is 9.27. The van der Waals surface area contributed by atoms with Crippen LogP contribution in [-0.4, -0.2) is 35.6 Å². The number of Topliss-reactive ketones (excluding diaryl/α,β-unsaturated/α-hetero) is 1. The molecule has 5 rings (SSSR count). The van der Waals surface area contributed by atoms with Crippen molar-refractivity contribution in [3.05, 3.63) is 88.5 Å². The molecule has 0 aromatic heterocycles. The largest absolute Gasteiger partial charge is 0.507 e. The quantitative estimate of drug-likeness (QED) is 0.297. The number of methoxy groups -OCH3 is 1. The number of phenolic OH excluding ortho intramolecular Hbond substituents is 1. The summed E-state index contributed by atoms with van der Waals surface area (Å²) in [6.45, 7) is 4.70. The summed E-state index contributed by atoms with van der Waals surface area (Å²) in [4.78, 5) is 28.1. The number of amides is 1. The van der Waals surface area contributed by atoms with Crippen LogP contribution in [0.1, 0.15) is 48.1 Å². The Balaban J connectivity index is 1.69. The van der Waals surface area contributed by atoms with Crippen molar-refractivity contribution in [2.75, 3.05) is 18.6 Å². The van der Waals surface area contributed by atoms with Crippen LogP contribution in [0, 0.1) is 0 Å². The van der Waals surface area contributed by atoms with Crippen molar-refractivity contribution in [3.8, 4) is 17.2 Å². The molecular formula is C29H27NO6. The Morgan fingerprint density at radius 2 is 1.81 bits per heavy atom. The second-order valence-electron chi connectivity index (χ2n) is 9.27. The Morgan fingerprint density at radius 3 is 2.47 bits per heavy atom. The summed E-state index contributed by atoms with van der Waals surface area (Å²) in [5.41, 5.74) is 3.38. The molecule has 0 aliphatic carbocycles. The SMILES string of the molecule is COc1ccc(C2/C(=C(/O)c3ccc4c(c3)CCO4)C(=O)C(=O)N2c2ccc(C(C)C)cc2)cc1O. The van der Waals surface area contributed by atoms with E-state index < -0.39 is 17.7 Å². The summed E-state index contributed by atoms with van der Waals surface area (Å²) in [5, 5.41) is 21.9. The highest BCUT2D eigenvalue weighted by Gasteiger charge is 2.47. The van der Waals surface area contributed by atoms with E-state index in [2.05, 4.69) is 13.8 Å². The van der Waals surface area contributed by atoms with Gasteiger partial charge in [-0.15, -0.1) is 0 Å². The van der Waals surface area contributed by atoms with Crippen LogP contribution >= 0.6 is 0 Å². The Bertz CT molecular complexity index is 1390. The number of nitrogens with zero attached hydrogens (tertiary/aromatic N) is 1. The Morgan fingerprint density at radius 1 is 1.06 bits per heavy atom. The maximum absolute atomic E-state index is 13.4. The smallest absolute Gasteiger partial charge is 0.300 e. The number of ketones is 1. The van der Waals surface area contributed by atoms with Gasteiger partial charge in [-0.25, -0.2) is 0 Å². The first-order valence-electron chi connectivity index (χ1n) is 11.8. The van der Waals surface area contributed by atoms with Crippen LogP contribution in [0.5, 0.6) is 17.2 Å². The fourth-order valence-electron chi connectivity index (χ4n) is 4.80. The van der Waals surface area contributed by atoms with Gasteiger partial charge in [-0.1, -0.05) is 32.0 Å². The van der Waals surface area contributed by atoms with Gasteiger partial charge in [0.25, 0.3) is 11.7 Å². The van der Waals surface area contributed by atoms with Crippen LogP contribution in [0.4, 0.5) is 5.69 Å². The van der Waals surface area contributed by atoms with E-state index in [1.165, 1.54) is 18.1 Å². The second kappa shape index (κ2) is 9.07. The number of ether oxygens (including phenoxy) is 2. The van der Waals surface area contributed by atoms with Gasteiger partial charge in [0.2, 0.25) is 0 Å². The first-order valence-corrected chi connectivity index (χ1v) is 11.8. The normalized spacial score (nSPS) is 18.4. The van der Waals surface area contributed by atoms with Gasteiger partial charge in [0.15, 0.2) is 11.5 Å². The van der Waals surface area contributed by atoms with E-state index in [9.17, 15) is 19.8 Å². The highest BCUT2D eigenvalue weighted by Crippen LogP contribution is 2.44. The number of aliphatic hydroxyl groups is 1. The van der Waals surface area contributed by atoms with Gasteiger partial charge in [0.1, 0.15) is 11.5 Å². The molecule has 3 aromatic rings. The van der Waals surface area contributed by atoms with Crippen molar-refractivity contribution in [2.45, 2.75) is 32.2 Å². The van der Waals surface area contributed by atoms with E-state index in [0.29, 0.717) is 35.8 Å². The zero-order chi connectivity index (χ0) is 25.6. The molecule has 1 fully saturated rings. The molecule has 0 saturated carbocycles. The molecule has 1 amide bonds. The van der Waals surface area contributed by atoms with Crippen molar-refractivity contribution >= 4 is 23.1 Å². The van der Waals surface area contributed by atoms with Crippen molar-refractivity contribution in [3.63, 3.8) is 0 Å². The maximum atomic E-state index is 13.4. The van der Waals surface area contributed by atoms with Gasteiger partial charge in [-0.3, -0.25) is 14.5 Å². The van der Waals surface area contributed by atoms with E-state index >= 15 is 0 Å². The van der Waals surface area contributed by atoms with Crippen LogP contribution in [0.25, 0.3) is 5.76 Å². The number of aromatic hydroxyl groups is 1. The van der Waals surface area contributed by atoms with Gasteiger partial charge < -0.3 is 19.7 Å². The first-order chi connectivity index (χ1) is 17.3. The number of phenols is 1. The molecule has 7 nitrogen and oxygen atoms in total. The predicted octanol–water partition coefficient (Wildman–Crippen LogP) is 5.09. The molecule has 7 heteroatoms. The molecule has 2 aliphatic rings. The third-order valence-electron chi connectivity index (χ3n) is 6.76. The molecule has 1 saturated heterocycles. The fourth-order valence-corrected chi connectivity index (χ4v) is 4.80. The number of hydrogen-bond acceptors (Lipinski definition) is 6. The zero-order valence-corrected chi connectivity index (χ0v) is 20.3. The first kappa shape index (κ1) is 23.5. The van der Waals surface area contributed by atoms with E-state index in [-0.39, 0.29) is 22.8 Å². The van der Waals surface area contributed by atoms with Crippen LogP contribution in [0.3, 0.4) is 0 Å². The van der Waals surface area contributed by atoms with E-state index in [1.807, 2.05) is 12.1 Å². The molecule has 2 aliphatic heterocycles. The lowest BCUT2D eigenvalue weighted by molar-refractivity contribution is -0.132. The van der Waals surface area contributed by atoms with Gasteiger partial charge in [0.05, 0.1) is 25.3 Å². The van der Waals surface area contributed by atoms with Gasteiger partial charge in [0, 0.05) is 17.7 Å². The zero-order valence-electron chi connectivity index (χ0n) is 20.3. The number of anilines is 1. The Kier molecular flexibility index (Phi) is 5.92.